The number of hydrogen-bond donors (Lipinski definition) is 1. The third kappa shape index (κ3) is 2.90. The number of halogens is 1. The highest BCUT2D eigenvalue weighted by atomic mass is 35.5. The van der Waals surface area contributed by atoms with Gasteiger partial charge in [0.2, 0.25) is 0 Å². The summed E-state index contributed by atoms with van der Waals surface area (Å²) in [6.07, 6.45) is 0. The zero-order valence-electron chi connectivity index (χ0n) is 12.9. The van der Waals surface area contributed by atoms with E-state index in [0.717, 1.165) is 21.3 Å². The van der Waals surface area contributed by atoms with Gasteiger partial charge >= 0.3 is 5.97 Å². The van der Waals surface area contributed by atoms with E-state index < -0.39 is 5.97 Å². The van der Waals surface area contributed by atoms with E-state index in [-0.39, 0.29) is 5.56 Å². The van der Waals surface area contributed by atoms with E-state index in [1.807, 2.05) is 48.5 Å². The molecule has 1 N–H and O–H groups in total. The zero-order valence-corrected chi connectivity index (χ0v) is 14.5. The molecule has 0 aliphatic carbocycles. The smallest absolute Gasteiger partial charge is 0.336 e. The van der Waals surface area contributed by atoms with Gasteiger partial charge in [0.1, 0.15) is 5.01 Å². The molecule has 1 aromatic heterocycles. The zero-order chi connectivity index (χ0) is 17.4. The predicted octanol–water partition coefficient (Wildman–Crippen LogP) is 5.98. The standard InChI is InChI=1S/C20H12ClNO2S/c21-13-10-16(12-6-2-1-3-7-12)18-17(11-13)25-19(22-18)14-8-4-5-9-15(14)20(23)24/h1-11H,(H,23,24). The van der Waals surface area contributed by atoms with Crippen LogP contribution in [0, 0.1) is 0 Å². The van der Waals surface area contributed by atoms with Crippen molar-refractivity contribution in [3.63, 3.8) is 0 Å². The largest absolute Gasteiger partial charge is 0.478 e. The molecule has 0 spiro atoms. The molecule has 0 atom stereocenters. The molecule has 4 aromatic rings. The maximum absolute atomic E-state index is 11.5. The fourth-order valence-corrected chi connectivity index (χ4v) is 4.16. The van der Waals surface area contributed by atoms with Gasteiger partial charge in [0.25, 0.3) is 0 Å². The number of hydrogen-bond acceptors (Lipinski definition) is 3. The fraction of sp³-hybridized carbons (Fsp3) is 0. The Balaban J connectivity index is 1.97. The van der Waals surface area contributed by atoms with Gasteiger partial charge in [-0.1, -0.05) is 60.1 Å². The third-order valence-corrected chi connectivity index (χ3v) is 5.19. The molecule has 0 bridgehead atoms. The van der Waals surface area contributed by atoms with E-state index in [9.17, 15) is 9.90 Å². The van der Waals surface area contributed by atoms with Gasteiger partial charge in [-0.25, -0.2) is 9.78 Å². The highest BCUT2D eigenvalue weighted by Crippen LogP contribution is 2.38. The lowest BCUT2D eigenvalue weighted by molar-refractivity contribution is 0.0697. The summed E-state index contributed by atoms with van der Waals surface area (Å²) in [4.78, 5) is 16.2. The van der Waals surface area contributed by atoms with Crippen molar-refractivity contribution in [2.24, 2.45) is 0 Å². The van der Waals surface area contributed by atoms with Crippen LogP contribution in [0.5, 0.6) is 0 Å². The van der Waals surface area contributed by atoms with Crippen molar-refractivity contribution in [1.29, 1.82) is 0 Å². The normalized spacial score (nSPS) is 10.9. The number of rotatable bonds is 3. The Labute approximate surface area is 153 Å². The minimum absolute atomic E-state index is 0.244. The van der Waals surface area contributed by atoms with E-state index in [4.69, 9.17) is 16.6 Å². The highest BCUT2D eigenvalue weighted by molar-refractivity contribution is 7.21. The Morgan fingerprint density at radius 2 is 1.68 bits per heavy atom. The fourth-order valence-electron chi connectivity index (χ4n) is 2.80. The van der Waals surface area contributed by atoms with Crippen molar-refractivity contribution in [3.05, 3.63) is 77.3 Å². The number of aromatic nitrogens is 1. The predicted molar refractivity (Wildman–Crippen MR) is 102 cm³/mol. The van der Waals surface area contributed by atoms with Gasteiger partial charge in [0.15, 0.2) is 0 Å². The first-order chi connectivity index (χ1) is 12.1. The molecule has 0 unspecified atom stereocenters. The SMILES string of the molecule is O=C(O)c1ccccc1-c1nc2c(-c3ccccc3)cc(Cl)cc2s1. The highest BCUT2D eigenvalue weighted by Gasteiger charge is 2.17. The first-order valence-corrected chi connectivity index (χ1v) is 8.81. The molecule has 25 heavy (non-hydrogen) atoms. The average molecular weight is 366 g/mol. The number of carboxylic acids is 1. The van der Waals surface area contributed by atoms with Crippen molar-refractivity contribution >= 4 is 39.1 Å². The quantitative estimate of drug-likeness (QED) is 0.485. The summed E-state index contributed by atoms with van der Waals surface area (Å²) in [6, 6.07) is 20.6. The minimum atomic E-state index is -0.962. The lowest BCUT2D eigenvalue weighted by Crippen LogP contribution is -1.98. The molecular weight excluding hydrogens is 354 g/mol. The lowest BCUT2D eigenvalue weighted by atomic mass is 10.0. The van der Waals surface area contributed by atoms with Crippen LogP contribution in [-0.4, -0.2) is 16.1 Å². The van der Waals surface area contributed by atoms with Gasteiger partial charge in [0.05, 0.1) is 15.8 Å². The van der Waals surface area contributed by atoms with Crippen LogP contribution >= 0.6 is 22.9 Å². The van der Waals surface area contributed by atoms with Gasteiger partial charge in [-0.2, -0.15) is 0 Å². The van der Waals surface area contributed by atoms with E-state index >= 15 is 0 Å². The molecule has 0 aliphatic rings. The van der Waals surface area contributed by atoms with Gasteiger partial charge in [-0.15, -0.1) is 11.3 Å². The maximum Gasteiger partial charge on any atom is 0.336 e. The first kappa shape index (κ1) is 15.8. The number of aromatic carboxylic acids is 1. The summed E-state index contributed by atoms with van der Waals surface area (Å²) in [5.41, 5.74) is 3.66. The van der Waals surface area contributed by atoms with E-state index in [1.54, 1.807) is 18.2 Å². The summed E-state index contributed by atoms with van der Waals surface area (Å²) >= 11 is 7.74. The van der Waals surface area contributed by atoms with Crippen LogP contribution in [0.4, 0.5) is 0 Å². The van der Waals surface area contributed by atoms with Crippen LogP contribution < -0.4 is 0 Å². The summed E-state index contributed by atoms with van der Waals surface area (Å²) in [6.45, 7) is 0. The molecule has 1 heterocycles. The molecule has 3 aromatic carbocycles. The molecule has 4 rings (SSSR count). The molecule has 122 valence electrons. The van der Waals surface area contributed by atoms with Gasteiger partial charge < -0.3 is 5.11 Å². The van der Waals surface area contributed by atoms with Crippen LogP contribution in [0.2, 0.25) is 5.02 Å². The molecule has 0 fully saturated rings. The molecule has 0 saturated carbocycles. The molecule has 5 heteroatoms. The van der Waals surface area contributed by atoms with Crippen LogP contribution in [0.25, 0.3) is 31.9 Å². The van der Waals surface area contributed by atoms with Crippen molar-refractivity contribution in [1.82, 2.24) is 4.98 Å². The van der Waals surface area contributed by atoms with E-state index in [2.05, 4.69) is 0 Å². The topological polar surface area (TPSA) is 50.2 Å². The summed E-state index contributed by atoms with van der Waals surface area (Å²) in [5, 5.41) is 10.7. The van der Waals surface area contributed by atoms with Crippen LogP contribution in [0.3, 0.4) is 0 Å². The van der Waals surface area contributed by atoms with Gasteiger partial charge in [-0.05, 0) is 23.8 Å². The lowest BCUT2D eigenvalue weighted by Gasteiger charge is -2.03. The number of thiazole rings is 1. The Kier molecular flexibility index (Phi) is 3.99. The first-order valence-electron chi connectivity index (χ1n) is 7.61. The second-order valence-electron chi connectivity index (χ2n) is 5.54. The van der Waals surface area contributed by atoms with Crippen molar-refractivity contribution in [3.8, 4) is 21.7 Å². The van der Waals surface area contributed by atoms with Gasteiger partial charge in [-0.3, -0.25) is 0 Å². The maximum atomic E-state index is 11.5. The number of carboxylic acid groups (broad SMARTS) is 1. The van der Waals surface area contributed by atoms with Gasteiger partial charge in [0, 0.05) is 16.1 Å². The summed E-state index contributed by atoms with van der Waals surface area (Å²) in [7, 11) is 0. The van der Waals surface area contributed by atoms with Crippen molar-refractivity contribution in [2.75, 3.05) is 0 Å². The molecule has 0 radical (unpaired) electrons. The molecule has 0 saturated heterocycles. The molecule has 0 amide bonds. The monoisotopic (exact) mass is 365 g/mol. The molecule has 3 nitrogen and oxygen atoms in total. The van der Waals surface area contributed by atoms with Crippen LogP contribution in [-0.2, 0) is 0 Å². The second kappa shape index (κ2) is 6.31. The number of nitrogens with zero attached hydrogens (tertiary/aromatic N) is 1. The number of benzene rings is 3. The number of fused-ring (bicyclic) bond motifs is 1. The molecular formula is C20H12ClNO2S. The van der Waals surface area contributed by atoms with Crippen molar-refractivity contribution in [2.45, 2.75) is 0 Å². The minimum Gasteiger partial charge on any atom is -0.478 e. The third-order valence-electron chi connectivity index (χ3n) is 3.93. The molecule has 0 aliphatic heterocycles. The van der Waals surface area contributed by atoms with Crippen LogP contribution in [0.1, 0.15) is 10.4 Å². The Morgan fingerprint density at radius 3 is 2.44 bits per heavy atom. The Bertz CT molecular complexity index is 1090. The Hall–Kier alpha value is -2.69. The Morgan fingerprint density at radius 1 is 0.960 bits per heavy atom. The van der Waals surface area contributed by atoms with E-state index in [1.165, 1.54) is 11.3 Å². The van der Waals surface area contributed by atoms with Crippen molar-refractivity contribution < 1.29 is 9.90 Å². The summed E-state index contributed by atoms with van der Waals surface area (Å²) in [5.74, 6) is -0.962. The second-order valence-corrected chi connectivity index (χ2v) is 7.00. The number of carbonyl (C=O) groups is 1. The summed E-state index contributed by atoms with van der Waals surface area (Å²) < 4.78 is 0.932. The van der Waals surface area contributed by atoms with Crippen LogP contribution in [0.15, 0.2) is 66.7 Å². The average Bonchev–Trinajstić information content (AvgIpc) is 3.05. The van der Waals surface area contributed by atoms with E-state index in [0.29, 0.717) is 15.6 Å².